The van der Waals surface area contributed by atoms with Crippen LogP contribution in [-0.4, -0.2) is 64.1 Å². The number of aromatic nitrogens is 4. The van der Waals surface area contributed by atoms with Gasteiger partial charge >= 0.3 is 0 Å². The van der Waals surface area contributed by atoms with Crippen LogP contribution in [-0.2, 0) is 20.0 Å². The summed E-state index contributed by atoms with van der Waals surface area (Å²) in [5.74, 6) is 0.319. The van der Waals surface area contributed by atoms with Crippen LogP contribution in [0, 0.1) is 5.92 Å². The molecule has 12 nitrogen and oxygen atoms in total. The number of nitrogens with two attached hydrogens (primary N) is 2. The third-order valence-electron chi connectivity index (χ3n) is 4.80. The van der Waals surface area contributed by atoms with Crippen LogP contribution in [0.1, 0.15) is 12.8 Å². The van der Waals surface area contributed by atoms with Crippen LogP contribution in [0.4, 0.5) is 5.69 Å². The fourth-order valence-electron chi connectivity index (χ4n) is 3.31. The molecule has 1 aromatic carbocycles. The fourth-order valence-corrected chi connectivity index (χ4v) is 5.63. The van der Waals surface area contributed by atoms with Gasteiger partial charge in [-0.15, -0.1) is 10.2 Å². The highest BCUT2D eigenvalue weighted by Gasteiger charge is 2.33. The fraction of sp³-hybridized carbons (Fsp3) is 0.500. The Morgan fingerprint density at radius 2 is 1.93 bits per heavy atom. The summed E-state index contributed by atoms with van der Waals surface area (Å²) in [7, 11) is -7.38. The predicted octanol–water partition coefficient (Wildman–Crippen LogP) is -1.40. The SMILES string of the molecule is CNS(=O)(=O)c1ccc(N2CCC(CN)CC2)c(-c2nn[nH]n2)c1S(N)(=O)=O. The molecular weight excluding hydrogens is 408 g/mol. The smallest absolute Gasteiger partial charge is 0.241 e. The molecule has 14 heteroatoms. The highest BCUT2D eigenvalue weighted by Crippen LogP contribution is 2.39. The Morgan fingerprint density at radius 1 is 1.25 bits per heavy atom. The Hall–Kier alpha value is -2.13. The van der Waals surface area contributed by atoms with Crippen molar-refractivity contribution in [3.63, 3.8) is 0 Å². The number of sulfonamides is 2. The van der Waals surface area contributed by atoms with Gasteiger partial charge in [0.1, 0.15) is 9.79 Å². The third kappa shape index (κ3) is 3.86. The number of tetrazole rings is 1. The van der Waals surface area contributed by atoms with Gasteiger partial charge in [0.05, 0.1) is 5.56 Å². The molecule has 0 radical (unpaired) electrons. The van der Waals surface area contributed by atoms with Gasteiger partial charge in [-0.25, -0.2) is 26.7 Å². The average molecular weight is 431 g/mol. The average Bonchev–Trinajstić information content (AvgIpc) is 3.20. The van der Waals surface area contributed by atoms with E-state index in [1.807, 2.05) is 4.90 Å². The zero-order chi connectivity index (χ0) is 20.5. The van der Waals surface area contributed by atoms with E-state index in [-0.39, 0.29) is 11.4 Å². The van der Waals surface area contributed by atoms with Crippen LogP contribution in [0.15, 0.2) is 21.9 Å². The van der Waals surface area contributed by atoms with Gasteiger partial charge < -0.3 is 10.6 Å². The largest absolute Gasteiger partial charge is 0.371 e. The lowest BCUT2D eigenvalue weighted by Crippen LogP contribution is -2.37. The van der Waals surface area contributed by atoms with Crippen molar-refractivity contribution < 1.29 is 16.8 Å². The Kier molecular flexibility index (Phi) is 5.67. The first-order valence-corrected chi connectivity index (χ1v) is 11.5. The molecule has 2 aromatic rings. The van der Waals surface area contributed by atoms with E-state index >= 15 is 0 Å². The first-order valence-electron chi connectivity index (χ1n) is 8.51. The molecule has 0 saturated carbocycles. The zero-order valence-electron chi connectivity index (χ0n) is 15.2. The summed E-state index contributed by atoms with van der Waals surface area (Å²) >= 11 is 0. The van der Waals surface area contributed by atoms with Crippen LogP contribution in [0.2, 0.25) is 0 Å². The van der Waals surface area contributed by atoms with Crippen LogP contribution >= 0.6 is 0 Å². The van der Waals surface area contributed by atoms with Crippen LogP contribution in [0.5, 0.6) is 0 Å². The van der Waals surface area contributed by atoms with Gasteiger partial charge in [-0.05, 0) is 49.7 Å². The van der Waals surface area contributed by atoms with E-state index in [2.05, 4.69) is 25.3 Å². The van der Waals surface area contributed by atoms with Crippen molar-refractivity contribution in [2.24, 2.45) is 16.8 Å². The molecule has 0 bridgehead atoms. The molecule has 1 saturated heterocycles. The maximum absolute atomic E-state index is 12.4. The number of nitrogens with one attached hydrogen (secondary N) is 2. The van der Waals surface area contributed by atoms with Crippen molar-refractivity contribution >= 4 is 25.7 Å². The summed E-state index contributed by atoms with van der Waals surface area (Å²) in [6.07, 6.45) is 1.65. The van der Waals surface area contributed by atoms with Gasteiger partial charge in [0.25, 0.3) is 0 Å². The molecule has 1 aromatic heterocycles. The maximum atomic E-state index is 12.4. The minimum atomic E-state index is -4.45. The second kappa shape index (κ2) is 7.71. The Morgan fingerprint density at radius 3 is 2.43 bits per heavy atom. The van der Waals surface area contributed by atoms with Crippen molar-refractivity contribution in [3.8, 4) is 11.4 Å². The first kappa shape index (κ1) is 20.6. The lowest BCUT2D eigenvalue weighted by molar-refractivity contribution is 0.414. The number of piperidine rings is 1. The molecular formula is C14H22N8O4S2. The number of nitrogens with zero attached hydrogens (tertiary/aromatic N) is 4. The molecule has 0 spiro atoms. The summed E-state index contributed by atoms with van der Waals surface area (Å²) in [5, 5.41) is 18.9. The highest BCUT2D eigenvalue weighted by atomic mass is 32.2. The molecule has 0 amide bonds. The van der Waals surface area contributed by atoms with E-state index in [1.54, 1.807) is 0 Å². The molecule has 1 aliphatic heterocycles. The standard InChI is InChI=1S/C14H22N8O4S2/c1-17-28(25,26)11-3-2-10(22-6-4-9(8-15)5-7-22)12(13(11)27(16,23)24)14-18-20-21-19-14/h2-3,9,17H,4-8,15H2,1H3,(H2,16,23,24)(H,18,19,20,21). The van der Waals surface area contributed by atoms with Crippen molar-refractivity contribution in [1.82, 2.24) is 25.3 Å². The number of H-pyrrole nitrogens is 1. The number of hydrogen-bond acceptors (Lipinski definition) is 9. The van der Waals surface area contributed by atoms with Gasteiger partial charge in [-0.3, -0.25) is 0 Å². The molecule has 0 unspecified atom stereocenters. The molecule has 28 heavy (non-hydrogen) atoms. The van der Waals surface area contributed by atoms with Crippen molar-refractivity contribution in [2.45, 2.75) is 22.6 Å². The minimum Gasteiger partial charge on any atom is -0.371 e. The quantitative estimate of drug-likeness (QED) is 0.427. The van der Waals surface area contributed by atoms with Gasteiger partial charge in [0.15, 0.2) is 0 Å². The molecule has 0 aliphatic carbocycles. The van der Waals surface area contributed by atoms with Crippen LogP contribution in [0.25, 0.3) is 11.4 Å². The van der Waals surface area contributed by atoms with E-state index in [0.29, 0.717) is 31.2 Å². The van der Waals surface area contributed by atoms with Crippen molar-refractivity contribution in [2.75, 3.05) is 31.6 Å². The van der Waals surface area contributed by atoms with E-state index < -0.39 is 29.8 Å². The summed E-state index contributed by atoms with van der Waals surface area (Å²) in [4.78, 5) is 0.905. The number of hydrogen-bond donors (Lipinski definition) is 4. The van der Waals surface area contributed by atoms with E-state index in [9.17, 15) is 16.8 Å². The van der Waals surface area contributed by atoms with Gasteiger partial charge in [0, 0.05) is 18.8 Å². The summed E-state index contributed by atoms with van der Waals surface area (Å²) in [6, 6.07) is 2.76. The lowest BCUT2D eigenvalue weighted by atomic mass is 9.96. The van der Waals surface area contributed by atoms with E-state index in [4.69, 9.17) is 10.9 Å². The van der Waals surface area contributed by atoms with E-state index in [0.717, 1.165) is 12.8 Å². The predicted molar refractivity (Wildman–Crippen MR) is 101 cm³/mol. The molecule has 1 fully saturated rings. The molecule has 0 atom stereocenters. The first-order chi connectivity index (χ1) is 13.2. The number of rotatable bonds is 6. The maximum Gasteiger partial charge on any atom is 0.241 e. The number of aromatic amines is 1. The van der Waals surface area contributed by atoms with Crippen LogP contribution in [0.3, 0.4) is 0 Å². The topological polar surface area (TPSA) is 190 Å². The summed E-state index contributed by atoms with van der Waals surface area (Å²) in [6.45, 7) is 1.82. The summed E-state index contributed by atoms with van der Waals surface area (Å²) in [5.41, 5.74) is 6.21. The van der Waals surface area contributed by atoms with Crippen LogP contribution < -0.4 is 20.5 Å². The minimum absolute atomic E-state index is 0.00114. The second-order valence-electron chi connectivity index (χ2n) is 6.44. The molecule has 2 heterocycles. The van der Waals surface area contributed by atoms with Gasteiger partial charge in [0.2, 0.25) is 25.9 Å². The lowest BCUT2D eigenvalue weighted by Gasteiger charge is -2.34. The zero-order valence-corrected chi connectivity index (χ0v) is 16.8. The number of benzene rings is 1. The molecule has 1 aliphatic rings. The summed E-state index contributed by atoms with van der Waals surface area (Å²) < 4.78 is 51.8. The normalized spacial score (nSPS) is 16.5. The van der Waals surface area contributed by atoms with Gasteiger partial charge in [-0.2, -0.15) is 5.21 Å². The highest BCUT2D eigenvalue weighted by molar-refractivity contribution is 7.92. The molecule has 6 N–H and O–H groups in total. The Bertz CT molecular complexity index is 1050. The Balaban J connectivity index is 2.28. The van der Waals surface area contributed by atoms with Gasteiger partial charge in [-0.1, -0.05) is 0 Å². The van der Waals surface area contributed by atoms with Crippen molar-refractivity contribution in [3.05, 3.63) is 12.1 Å². The second-order valence-corrected chi connectivity index (χ2v) is 9.79. The Labute approximate surface area is 162 Å². The molecule has 3 rings (SSSR count). The molecule has 154 valence electrons. The number of anilines is 1. The monoisotopic (exact) mass is 430 g/mol. The third-order valence-corrected chi connectivity index (χ3v) is 7.38. The number of primary sulfonamides is 1. The van der Waals surface area contributed by atoms with Crippen molar-refractivity contribution in [1.29, 1.82) is 0 Å². The van der Waals surface area contributed by atoms with E-state index in [1.165, 1.54) is 19.2 Å².